The lowest BCUT2D eigenvalue weighted by atomic mass is 10.1. The molecule has 1 heterocycles. The Balaban J connectivity index is 0.00000264. The van der Waals surface area contributed by atoms with Crippen molar-refractivity contribution in [1.29, 1.82) is 0 Å². The normalized spacial score (nSPS) is 11.3. The molecule has 0 atom stereocenters. The molecule has 0 spiro atoms. The van der Waals surface area contributed by atoms with Crippen molar-refractivity contribution in [3.63, 3.8) is 0 Å². The summed E-state index contributed by atoms with van der Waals surface area (Å²) < 4.78 is 13.4. The van der Waals surface area contributed by atoms with Crippen LogP contribution in [0.3, 0.4) is 0 Å². The molecule has 1 aromatic carbocycles. The van der Waals surface area contributed by atoms with Crippen molar-refractivity contribution in [3.8, 4) is 0 Å². The number of aromatic nitrogens is 1. The molecule has 0 aliphatic rings. The number of fused-ring (bicyclic) bond motifs is 1. The fourth-order valence-corrected chi connectivity index (χ4v) is 2.54. The average Bonchev–Trinajstić information content (AvgIpc) is 2.90. The van der Waals surface area contributed by atoms with Crippen LogP contribution >= 0.6 is 35.7 Å². The van der Waals surface area contributed by atoms with Crippen molar-refractivity contribution in [3.05, 3.63) is 35.8 Å². The summed E-state index contributed by atoms with van der Waals surface area (Å²) in [6, 6.07) is 4.83. The van der Waals surface area contributed by atoms with Crippen LogP contribution in [0.15, 0.2) is 29.4 Å². The molecule has 23 heavy (non-hydrogen) atoms. The van der Waals surface area contributed by atoms with E-state index in [1.165, 1.54) is 6.07 Å². The van der Waals surface area contributed by atoms with E-state index in [-0.39, 0.29) is 29.8 Å². The van der Waals surface area contributed by atoms with Gasteiger partial charge in [0, 0.05) is 35.9 Å². The van der Waals surface area contributed by atoms with Gasteiger partial charge in [-0.05, 0) is 43.4 Å². The third kappa shape index (κ3) is 6.21. The molecule has 2 aromatic rings. The van der Waals surface area contributed by atoms with Crippen molar-refractivity contribution < 1.29 is 4.39 Å². The summed E-state index contributed by atoms with van der Waals surface area (Å²) in [6.07, 6.45) is 4.84. The number of nitrogens with zero attached hydrogens (tertiary/aromatic N) is 1. The van der Waals surface area contributed by atoms with Crippen molar-refractivity contribution in [2.45, 2.75) is 13.3 Å². The molecule has 2 rings (SSSR count). The van der Waals surface area contributed by atoms with Gasteiger partial charge in [0.05, 0.1) is 6.54 Å². The van der Waals surface area contributed by atoms with Crippen LogP contribution in [0, 0.1) is 5.82 Å². The largest absolute Gasteiger partial charge is 0.361 e. The van der Waals surface area contributed by atoms with E-state index in [0.717, 1.165) is 54.2 Å². The Kier molecular flexibility index (Phi) is 9.39. The molecule has 3 N–H and O–H groups in total. The van der Waals surface area contributed by atoms with Crippen LogP contribution in [0.1, 0.15) is 12.5 Å². The Bertz CT molecular complexity index is 630. The fourth-order valence-electron chi connectivity index (χ4n) is 2.26. The summed E-state index contributed by atoms with van der Waals surface area (Å²) in [7, 11) is 0. The Labute approximate surface area is 158 Å². The highest BCUT2D eigenvalue weighted by Gasteiger charge is 2.05. The zero-order valence-corrected chi connectivity index (χ0v) is 16.6. The SMILES string of the molecule is CCNC(=NCCSC)NCCc1c[nH]c2ccc(F)cc12.I. The molecular weight excluding hydrogens is 426 g/mol. The van der Waals surface area contributed by atoms with Gasteiger partial charge < -0.3 is 15.6 Å². The standard InChI is InChI=1S/C16H23FN4S.HI/c1-3-18-16(20-8-9-22-2)19-7-6-12-11-21-15-5-4-13(17)10-14(12)15;/h4-5,10-11,21H,3,6-9H2,1-2H3,(H2,18,19,20);1H. The van der Waals surface area contributed by atoms with Crippen molar-refractivity contribution in [2.75, 3.05) is 31.6 Å². The second kappa shape index (κ2) is 10.7. The van der Waals surface area contributed by atoms with Crippen LogP contribution in [0.5, 0.6) is 0 Å². The molecule has 0 fully saturated rings. The Morgan fingerprint density at radius 1 is 1.35 bits per heavy atom. The predicted molar refractivity (Wildman–Crippen MR) is 110 cm³/mol. The van der Waals surface area contributed by atoms with Gasteiger partial charge in [-0.1, -0.05) is 0 Å². The van der Waals surface area contributed by atoms with Crippen LogP contribution in [0.4, 0.5) is 4.39 Å². The summed E-state index contributed by atoms with van der Waals surface area (Å²) in [5, 5.41) is 7.50. The van der Waals surface area contributed by atoms with Crippen LogP contribution < -0.4 is 10.6 Å². The molecule has 1 aromatic heterocycles. The van der Waals surface area contributed by atoms with E-state index in [0.29, 0.717) is 0 Å². The van der Waals surface area contributed by atoms with E-state index in [1.54, 1.807) is 23.9 Å². The lowest BCUT2D eigenvalue weighted by molar-refractivity contribution is 0.629. The average molecular weight is 450 g/mol. The molecule has 128 valence electrons. The number of thioether (sulfide) groups is 1. The second-order valence-corrected chi connectivity index (χ2v) is 5.92. The minimum atomic E-state index is -0.201. The Morgan fingerprint density at radius 3 is 2.91 bits per heavy atom. The van der Waals surface area contributed by atoms with Gasteiger partial charge in [-0.15, -0.1) is 24.0 Å². The lowest BCUT2D eigenvalue weighted by Gasteiger charge is -2.10. The Morgan fingerprint density at radius 2 is 2.17 bits per heavy atom. The number of aliphatic imine (C=N–C) groups is 1. The van der Waals surface area contributed by atoms with E-state index >= 15 is 0 Å². The molecule has 0 saturated heterocycles. The summed E-state index contributed by atoms with van der Waals surface area (Å²) in [5.41, 5.74) is 2.08. The van der Waals surface area contributed by atoms with E-state index in [2.05, 4.69) is 26.9 Å². The maximum Gasteiger partial charge on any atom is 0.191 e. The minimum Gasteiger partial charge on any atom is -0.361 e. The number of aromatic amines is 1. The van der Waals surface area contributed by atoms with Crippen molar-refractivity contribution in [2.24, 2.45) is 4.99 Å². The third-order valence-electron chi connectivity index (χ3n) is 3.33. The number of hydrogen-bond donors (Lipinski definition) is 3. The molecule has 0 aliphatic heterocycles. The van der Waals surface area contributed by atoms with Gasteiger partial charge in [-0.25, -0.2) is 4.39 Å². The second-order valence-electron chi connectivity index (χ2n) is 4.93. The molecule has 0 unspecified atom stereocenters. The van der Waals surface area contributed by atoms with E-state index < -0.39 is 0 Å². The first kappa shape index (κ1) is 20.1. The van der Waals surface area contributed by atoms with Crippen LogP contribution in [0.25, 0.3) is 10.9 Å². The number of H-pyrrole nitrogens is 1. The number of halogens is 2. The number of guanidine groups is 1. The summed E-state index contributed by atoms with van der Waals surface area (Å²) >= 11 is 1.78. The van der Waals surface area contributed by atoms with Crippen LogP contribution in [-0.2, 0) is 6.42 Å². The van der Waals surface area contributed by atoms with Gasteiger partial charge in [0.25, 0.3) is 0 Å². The molecular formula is C16H24FIN4S. The highest BCUT2D eigenvalue weighted by atomic mass is 127. The molecule has 0 bridgehead atoms. The molecule has 4 nitrogen and oxygen atoms in total. The highest BCUT2D eigenvalue weighted by Crippen LogP contribution is 2.19. The monoisotopic (exact) mass is 450 g/mol. The topological polar surface area (TPSA) is 52.2 Å². The smallest absolute Gasteiger partial charge is 0.191 e. The summed E-state index contributed by atoms with van der Waals surface area (Å²) in [5.74, 6) is 1.65. The first-order chi connectivity index (χ1) is 10.7. The van der Waals surface area contributed by atoms with Gasteiger partial charge in [-0.3, -0.25) is 4.99 Å². The van der Waals surface area contributed by atoms with Gasteiger partial charge >= 0.3 is 0 Å². The maximum atomic E-state index is 13.4. The number of hydrogen-bond acceptors (Lipinski definition) is 2. The van der Waals surface area contributed by atoms with E-state index in [9.17, 15) is 4.39 Å². The third-order valence-corrected chi connectivity index (χ3v) is 3.92. The van der Waals surface area contributed by atoms with E-state index in [4.69, 9.17) is 0 Å². The first-order valence-corrected chi connectivity index (χ1v) is 8.90. The lowest BCUT2D eigenvalue weighted by Crippen LogP contribution is -2.38. The quantitative estimate of drug-likeness (QED) is 0.263. The first-order valence-electron chi connectivity index (χ1n) is 7.51. The van der Waals surface area contributed by atoms with Crippen LogP contribution in [0.2, 0.25) is 0 Å². The highest BCUT2D eigenvalue weighted by molar-refractivity contribution is 14.0. The molecule has 0 aliphatic carbocycles. The van der Waals surface area contributed by atoms with Gasteiger partial charge in [-0.2, -0.15) is 11.8 Å². The fraction of sp³-hybridized carbons (Fsp3) is 0.438. The molecule has 0 radical (unpaired) electrons. The van der Waals surface area contributed by atoms with Crippen molar-refractivity contribution in [1.82, 2.24) is 15.6 Å². The van der Waals surface area contributed by atoms with Crippen molar-refractivity contribution >= 4 is 52.6 Å². The predicted octanol–water partition coefficient (Wildman–Crippen LogP) is 3.39. The number of nitrogens with one attached hydrogen (secondary N) is 3. The Hall–Kier alpha value is -0.960. The molecule has 7 heteroatoms. The summed E-state index contributed by atoms with van der Waals surface area (Å²) in [6.45, 7) is 4.45. The van der Waals surface area contributed by atoms with Gasteiger partial charge in [0.15, 0.2) is 5.96 Å². The van der Waals surface area contributed by atoms with E-state index in [1.807, 2.05) is 13.1 Å². The maximum absolute atomic E-state index is 13.4. The molecule has 0 amide bonds. The number of benzene rings is 1. The van der Waals surface area contributed by atoms with Crippen LogP contribution in [-0.4, -0.2) is 42.6 Å². The summed E-state index contributed by atoms with van der Waals surface area (Å²) in [4.78, 5) is 7.68. The number of rotatable bonds is 7. The molecule has 0 saturated carbocycles. The van der Waals surface area contributed by atoms with Gasteiger partial charge in [0.1, 0.15) is 5.82 Å². The van der Waals surface area contributed by atoms with Gasteiger partial charge in [0.2, 0.25) is 0 Å². The zero-order chi connectivity index (χ0) is 15.8. The minimum absolute atomic E-state index is 0. The zero-order valence-electron chi connectivity index (χ0n) is 13.5.